The second kappa shape index (κ2) is 7.39. The molecule has 0 aromatic carbocycles. The minimum Gasteiger partial charge on any atom is -0.373 e. The van der Waals surface area contributed by atoms with Gasteiger partial charge < -0.3 is 14.9 Å². The van der Waals surface area contributed by atoms with Crippen LogP contribution >= 0.6 is 0 Å². The van der Waals surface area contributed by atoms with Gasteiger partial charge in [-0.2, -0.15) is 15.5 Å². The molecule has 1 aromatic heterocycles. The summed E-state index contributed by atoms with van der Waals surface area (Å²) in [6, 6.07) is 5.24. The molecule has 1 unspecified atom stereocenters. The van der Waals surface area contributed by atoms with Gasteiger partial charge in [-0.1, -0.05) is 0 Å². The Morgan fingerprint density at radius 2 is 2.23 bits per heavy atom. The van der Waals surface area contributed by atoms with Crippen LogP contribution in [0.1, 0.15) is 19.8 Å². The standard InChI is InChI=1S/C15H18N6O/c1-2-20(11-12(9-16)13(22)10-17)14-5-6-18-15(19-14)21-7-3-4-8-21/h5-6,11,13,22H,2-4,7-8H2,1H3. The topological polar surface area (TPSA) is 100 Å². The van der Waals surface area contributed by atoms with Gasteiger partial charge in [-0.05, 0) is 25.8 Å². The largest absolute Gasteiger partial charge is 0.373 e. The first-order valence-corrected chi connectivity index (χ1v) is 7.23. The Labute approximate surface area is 129 Å². The molecule has 0 aliphatic carbocycles. The van der Waals surface area contributed by atoms with Gasteiger partial charge in [-0.25, -0.2) is 4.98 Å². The number of aliphatic hydroxyl groups is 1. The quantitative estimate of drug-likeness (QED) is 0.643. The van der Waals surface area contributed by atoms with Gasteiger partial charge in [0.05, 0.1) is 11.6 Å². The first-order chi connectivity index (χ1) is 10.7. The van der Waals surface area contributed by atoms with Crippen molar-refractivity contribution in [3.8, 4) is 12.1 Å². The van der Waals surface area contributed by atoms with Gasteiger partial charge in [0.2, 0.25) is 5.95 Å². The smallest absolute Gasteiger partial charge is 0.227 e. The van der Waals surface area contributed by atoms with Crippen LogP contribution in [0.3, 0.4) is 0 Å². The summed E-state index contributed by atoms with van der Waals surface area (Å²) in [5, 5.41) is 27.3. The monoisotopic (exact) mass is 298 g/mol. The number of aliphatic hydroxyl groups excluding tert-OH is 1. The Morgan fingerprint density at radius 1 is 1.50 bits per heavy atom. The first kappa shape index (κ1) is 15.7. The predicted molar refractivity (Wildman–Crippen MR) is 81.8 cm³/mol. The molecule has 22 heavy (non-hydrogen) atoms. The van der Waals surface area contributed by atoms with Crippen LogP contribution in [0.15, 0.2) is 24.0 Å². The summed E-state index contributed by atoms with van der Waals surface area (Å²) in [6.45, 7) is 4.35. The number of rotatable bonds is 5. The normalized spacial score (nSPS) is 16.0. The van der Waals surface area contributed by atoms with Crippen molar-refractivity contribution in [1.82, 2.24) is 9.97 Å². The molecule has 1 aliphatic rings. The number of hydrogen-bond donors (Lipinski definition) is 1. The average Bonchev–Trinajstić information content (AvgIpc) is 3.10. The molecular weight excluding hydrogens is 280 g/mol. The van der Waals surface area contributed by atoms with Crippen molar-refractivity contribution in [2.24, 2.45) is 0 Å². The molecule has 1 aromatic rings. The summed E-state index contributed by atoms with van der Waals surface area (Å²) < 4.78 is 0. The maximum absolute atomic E-state index is 9.52. The Morgan fingerprint density at radius 3 is 2.82 bits per heavy atom. The number of nitriles is 2. The molecule has 0 saturated carbocycles. The molecule has 0 spiro atoms. The third-order valence-electron chi connectivity index (χ3n) is 3.49. The highest BCUT2D eigenvalue weighted by Gasteiger charge is 2.17. The SMILES string of the molecule is CCN(C=C(C#N)C(O)C#N)c1ccnc(N2CCCC2)n1. The Hall–Kier alpha value is -2.64. The summed E-state index contributed by atoms with van der Waals surface area (Å²) in [7, 11) is 0. The number of anilines is 2. The second-order valence-corrected chi connectivity index (χ2v) is 4.92. The van der Waals surface area contributed by atoms with E-state index < -0.39 is 6.10 Å². The molecule has 0 radical (unpaired) electrons. The van der Waals surface area contributed by atoms with E-state index in [1.807, 2.05) is 13.0 Å². The van der Waals surface area contributed by atoms with E-state index in [9.17, 15) is 5.11 Å². The highest BCUT2D eigenvalue weighted by atomic mass is 16.3. The van der Waals surface area contributed by atoms with Gasteiger partial charge in [0, 0.05) is 32.0 Å². The molecule has 2 rings (SSSR count). The fourth-order valence-corrected chi connectivity index (χ4v) is 2.29. The molecular formula is C15H18N6O. The minimum absolute atomic E-state index is 0.00863. The second-order valence-electron chi connectivity index (χ2n) is 4.92. The van der Waals surface area contributed by atoms with Gasteiger partial charge >= 0.3 is 0 Å². The van der Waals surface area contributed by atoms with Crippen LogP contribution in [0.4, 0.5) is 11.8 Å². The van der Waals surface area contributed by atoms with Gasteiger partial charge in [-0.15, -0.1) is 0 Å². The summed E-state index contributed by atoms with van der Waals surface area (Å²) in [4.78, 5) is 12.7. The van der Waals surface area contributed by atoms with Crippen LogP contribution in [0.2, 0.25) is 0 Å². The van der Waals surface area contributed by atoms with E-state index in [0.29, 0.717) is 18.3 Å². The van der Waals surface area contributed by atoms with Crippen molar-refractivity contribution < 1.29 is 5.11 Å². The van der Waals surface area contributed by atoms with Crippen molar-refractivity contribution in [2.45, 2.75) is 25.9 Å². The predicted octanol–water partition coefficient (Wildman–Crippen LogP) is 1.20. The van der Waals surface area contributed by atoms with Crippen molar-refractivity contribution >= 4 is 11.8 Å². The molecule has 1 aliphatic heterocycles. The van der Waals surface area contributed by atoms with Gasteiger partial charge in [0.1, 0.15) is 11.9 Å². The lowest BCUT2D eigenvalue weighted by molar-refractivity contribution is 0.270. The van der Waals surface area contributed by atoms with Crippen LogP contribution < -0.4 is 9.80 Å². The zero-order valence-corrected chi connectivity index (χ0v) is 12.5. The lowest BCUT2D eigenvalue weighted by Gasteiger charge is -2.21. The molecule has 7 nitrogen and oxygen atoms in total. The first-order valence-electron chi connectivity index (χ1n) is 7.23. The van der Waals surface area contributed by atoms with E-state index in [1.54, 1.807) is 23.2 Å². The fraction of sp³-hybridized carbons (Fsp3) is 0.467. The van der Waals surface area contributed by atoms with E-state index in [2.05, 4.69) is 14.9 Å². The lowest BCUT2D eigenvalue weighted by Crippen LogP contribution is -2.23. The summed E-state index contributed by atoms with van der Waals surface area (Å²) in [5.41, 5.74) is -0.00863. The molecule has 1 N–H and O–H groups in total. The molecule has 0 bridgehead atoms. The summed E-state index contributed by atoms with van der Waals surface area (Å²) in [6.07, 6.45) is 3.98. The van der Waals surface area contributed by atoms with Crippen LogP contribution in [0.5, 0.6) is 0 Å². The van der Waals surface area contributed by atoms with E-state index in [0.717, 1.165) is 25.9 Å². The number of hydrogen-bond acceptors (Lipinski definition) is 7. The van der Waals surface area contributed by atoms with Crippen molar-refractivity contribution in [3.63, 3.8) is 0 Å². The summed E-state index contributed by atoms with van der Waals surface area (Å²) >= 11 is 0. The van der Waals surface area contributed by atoms with Crippen LogP contribution in [0.25, 0.3) is 0 Å². The molecule has 1 atom stereocenters. The van der Waals surface area contributed by atoms with Crippen LogP contribution in [-0.4, -0.2) is 40.8 Å². The Bertz CT molecular complexity index is 624. The number of aromatic nitrogens is 2. The van der Waals surface area contributed by atoms with Gasteiger partial charge in [0.15, 0.2) is 6.10 Å². The third-order valence-corrected chi connectivity index (χ3v) is 3.49. The van der Waals surface area contributed by atoms with E-state index >= 15 is 0 Å². The molecule has 114 valence electrons. The minimum atomic E-state index is -1.43. The molecule has 1 fully saturated rings. The van der Waals surface area contributed by atoms with E-state index in [4.69, 9.17) is 10.5 Å². The molecule has 0 amide bonds. The maximum atomic E-state index is 9.52. The van der Waals surface area contributed by atoms with Crippen LogP contribution in [-0.2, 0) is 0 Å². The van der Waals surface area contributed by atoms with E-state index in [-0.39, 0.29) is 5.57 Å². The van der Waals surface area contributed by atoms with Gasteiger partial charge in [0.25, 0.3) is 0 Å². The summed E-state index contributed by atoms with van der Waals surface area (Å²) in [5.74, 6) is 1.30. The number of nitrogens with zero attached hydrogens (tertiary/aromatic N) is 6. The molecule has 2 heterocycles. The van der Waals surface area contributed by atoms with Crippen molar-refractivity contribution in [2.75, 3.05) is 29.4 Å². The fourth-order valence-electron chi connectivity index (χ4n) is 2.29. The van der Waals surface area contributed by atoms with Gasteiger partial charge in [-0.3, -0.25) is 0 Å². The van der Waals surface area contributed by atoms with Crippen LogP contribution in [0, 0.1) is 22.7 Å². The lowest BCUT2D eigenvalue weighted by atomic mass is 10.2. The average molecular weight is 298 g/mol. The van der Waals surface area contributed by atoms with E-state index in [1.165, 1.54) is 6.20 Å². The van der Waals surface area contributed by atoms with Crippen molar-refractivity contribution in [3.05, 3.63) is 24.0 Å². The highest BCUT2D eigenvalue weighted by Crippen LogP contribution is 2.19. The molecule has 7 heteroatoms. The zero-order valence-electron chi connectivity index (χ0n) is 12.5. The maximum Gasteiger partial charge on any atom is 0.227 e. The Kier molecular flexibility index (Phi) is 5.29. The zero-order chi connectivity index (χ0) is 15.9. The third kappa shape index (κ3) is 3.51. The highest BCUT2D eigenvalue weighted by molar-refractivity contribution is 5.49. The Balaban J connectivity index is 2.28. The van der Waals surface area contributed by atoms with Crippen molar-refractivity contribution in [1.29, 1.82) is 10.5 Å². The molecule has 1 saturated heterocycles.